The SMILES string of the molecule is CCCCCCCC/C=C/CCCCCCCCCC(=O)OC[C@H](COP(=O)(O)OCCN)OC(=O)CCC/C=C/C/C=C/CCCCCCCCCCC. The van der Waals surface area contributed by atoms with Crippen LogP contribution in [0.3, 0.4) is 0 Å². The van der Waals surface area contributed by atoms with Crippen LogP contribution >= 0.6 is 7.82 Å². The highest BCUT2D eigenvalue weighted by Gasteiger charge is 2.25. The number of phosphoric ester groups is 1. The van der Waals surface area contributed by atoms with E-state index in [9.17, 15) is 19.0 Å². The highest BCUT2D eigenvalue weighted by Crippen LogP contribution is 2.43. The first-order chi connectivity index (χ1) is 26.8. The Kier molecular flexibility index (Phi) is 40.5. The summed E-state index contributed by atoms with van der Waals surface area (Å²) in [6, 6.07) is 0. The molecule has 0 radical (unpaired) electrons. The maximum absolute atomic E-state index is 12.6. The molecule has 0 fully saturated rings. The molecular weight excluding hydrogens is 713 g/mol. The van der Waals surface area contributed by atoms with Crippen molar-refractivity contribution in [1.82, 2.24) is 0 Å². The standard InChI is InChI=1S/C45H84NO8P/c1-3-5-7-9-11-13-15-17-19-21-23-25-27-29-31-33-35-37-44(47)51-41-43(42-53-55(49,50)52-40-39-46)54-45(48)38-36-34-32-30-28-26-24-22-20-18-16-14-12-10-8-6-4-2/h17,19,24,26,30,32,43H,3-16,18,20-23,25,27-29,31,33-42,46H2,1-2H3,(H,49,50)/b19-17+,26-24+,32-30+/t43-/m1/s1. The number of rotatable bonds is 42. The Hall–Kier alpha value is -1.77. The number of carbonyl (C=O) groups is 2. The van der Waals surface area contributed by atoms with Crippen LogP contribution in [-0.4, -0.2) is 49.3 Å². The number of esters is 2. The topological polar surface area (TPSA) is 134 Å². The number of nitrogens with two attached hydrogens (primary N) is 1. The molecule has 55 heavy (non-hydrogen) atoms. The number of allylic oxidation sites excluding steroid dienone is 6. The predicted octanol–water partition coefficient (Wildman–Crippen LogP) is 12.9. The van der Waals surface area contributed by atoms with Crippen LogP contribution < -0.4 is 5.73 Å². The number of phosphoric acid groups is 1. The molecule has 0 aromatic rings. The number of hydrogen-bond acceptors (Lipinski definition) is 8. The summed E-state index contributed by atoms with van der Waals surface area (Å²) in [7, 11) is -4.39. The molecule has 0 heterocycles. The number of carbonyl (C=O) groups excluding carboxylic acids is 2. The van der Waals surface area contributed by atoms with E-state index < -0.39 is 32.5 Å². The van der Waals surface area contributed by atoms with Gasteiger partial charge in [-0.15, -0.1) is 0 Å². The summed E-state index contributed by atoms with van der Waals surface area (Å²) >= 11 is 0. The number of hydrogen-bond donors (Lipinski definition) is 2. The summed E-state index contributed by atoms with van der Waals surface area (Å²) in [6.07, 6.45) is 46.1. The molecule has 0 aromatic carbocycles. The Morgan fingerprint density at radius 1 is 0.545 bits per heavy atom. The van der Waals surface area contributed by atoms with E-state index >= 15 is 0 Å². The third-order valence-electron chi connectivity index (χ3n) is 9.50. The molecule has 2 atom stereocenters. The largest absolute Gasteiger partial charge is 0.472 e. The van der Waals surface area contributed by atoms with Crippen molar-refractivity contribution in [2.45, 2.75) is 213 Å². The van der Waals surface area contributed by atoms with Gasteiger partial charge in [0.25, 0.3) is 0 Å². The van der Waals surface area contributed by atoms with Gasteiger partial charge in [0.2, 0.25) is 0 Å². The fourth-order valence-corrected chi connectivity index (χ4v) is 6.90. The lowest BCUT2D eigenvalue weighted by Gasteiger charge is -2.19. The van der Waals surface area contributed by atoms with Gasteiger partial charge >= 0.3 is 19.8 Å². The zero-order chi connectivity index (χ0) is 40.3. The van der Waals surface area contributed by atoms with Crippen molar-refractivity contribution in [1.29, 1.82) is 0 Å². The maximum atomic E-state index is 12.6. The Bertz CT molecular complexity index is 1000. The maximum Gasteiger partial charge on any atom is 0.472 e. The minimum atomic E-state index is -4.39. The van der Waals surface area contributed by atoms with E-state index in [0.717, 1.165) is 51.4 Å². The summed E-state index contributed by atoms with van der Waals surface area (Å²) in [6.45, 7) is 3.69. The number of ether oxygens (including phenoxy) is 2. The van der Waals surface area contributed by atoms with E-state index in [0.29, 0.717) is 6.42 Å². The first-order valence-electron chi connectivity index (χ1n) is 22.5. The van der Waals surface area contributed by atoms with Gasteiger partial charge in [-0.1, -0.05) is 166 Å². The molecule has 0 rings (SSSR count). The van der Waals surface area contributed by atoms with E-state index in [1.807, 2.05) is 0 Å². The van der Waals surface area contributed by atoms with Crippen LogP contribution in [0.25, 0.3) is 0 Å². The Balaban J connectivity index is 4.19. The average Bonchev–Trinajstić information content (AvgIpc) is 3.17. The van der Waals surface area contributed by atoms with Crippen molar-refractivity contribution in [2.75, 3.05) is 26.4 Å². The van der Waals surface area contributed by atoms with Gasteiger partial charge in [0, 0.05) is 19.4 Å². The van der Waals surface area contributed by atoms with Crippen LogP contribution in [0.2, 0.25) is 0 Å². The van der Waals surface area contributed by atoms with Crippen LogP contribution in [-0.2, 0) is 32.7 Å². The third-order valence-corrected chi connectivity index (χ3v) is 10.5. The van der Waals surface area contributed by atoms with Crippen molar-refractivity contribution < 1.29 is 37.6 Å². The fraction of sp³-hybridized carbons (Fsp3) is 0.822. The molecule has 9 nitrogen and oxygen atoms in total. The Labute approximate surface area is 337 Å². The fourth-order valence-electron chi connectivity index (χ4n) is 6.14. The molecule has 0 aliphatic heterocycles. The molecule has 0 saturated heterocycles. The summed E-state index contributed by atoms with van der Waals surface area (Å²) in [5.41, 5.74) is 5.35. The van der Waals surface area contributed by atoms with Gasteiger partial charge in [-0.05, 0) is 64.2 Å². The molecule has 0 bridgehead atoms. The van der Waals surface area contributed by atoms with Gasteiger partial charge < -0.3 is 20.1 Å². The lowest BCUT2D eigenvalue weighted by atomic mass is 10.1. The van der Waals surface area contributed by atoms with Gasteiger partial charge in [0.15, 0.2) is 6.10 Å². The zero-order valence-electron chi connectivity index (χ0n) is 35.4. The molecule has 0 aliphatic carbocycles. The molecule has 0 saturated carbocycles. The molecule has 0 spiro atoms. The van der Waals surface area contributed by atoms with Gasteiger partial charge in [0.1, 0.15) is 6.61 Å². The molecule has 10 heteroatoms. The highest BCUT2D eigenvalue weighted by atomic mass is 31.2. The van der Waals surface area contributed by atoms with Crippen molar-refractivity contribution in [3.63, 3.8) is 0 Å². The van der Waals surface area contributed by atoms with Crippen molar-refractivity contribution >= 4 is 19.8 Å². The van der Waals surface area contributed by atoms with E-state index in [2.05, 4.69) is 50.3 Å². The lowest BCUT2D eigenvalue weighted by molar-refractivity contribution is -0.161. The van der Waals surface area contributed by atoms with E-state index in [-0.39, 0.29) is 32.6 Å². The van der Waals surface area contributed by atoms with Gasteiger partial charge in [-0.25, -0.2) is 4.57 Å². The second kappa shape index (κ2) is 41.9. The molecule has 3 N–H and O–H groups in total. The quantitative estimate of drug-likeness (QED) is 0.0268. The first kappa shape index (κ1) is 53.2. The van der Waals surface area contributed by atoms with E-state index in [1.54, 1.807) is 0 Å². The highest BCUT2D eigenvalue weighted by molar-refractivity contribution is 7.47. The smallest absolute Gasteiger partial charge is 0.462 e. The second-order valence-electron chi connectivity index (χ2n) is 14.9. The zero-order valence-corrected chi connectivity index (χ0v) is 36.3. The summed E-state index contributed by atoms with van der Waals surface area (Å²) in [4.78, 5) is 34.9. The molecule has 0 amide bonds. The van der Waals surface area contributed by atoms with E-state index in [1.165, 1.54) is 122 Å². The molecule has 322 valence electrons. The van der Waals surface area contributed by atoms with Gasteiger partial charge in [-0.2, -0.15) is 0 Å². The van der Waals surface area contributed by atoms with Crippen molar-refractivity contribution in [2.24, 2.45) is 5.73 Å². The van der Waals surface area contributed by atoms with Crippen LogP contribution in [0.15, 0.2) is 36.5 Å². The predicted molar refractivity (Wildman–Crippen MR) is 229 cm³/mol. The van der Waals surface area contributed by atoms with Gasteiger partial charge in [-0.3, -0.25) is 18.6 Å². The lowest BCUT2D eigenvalue weighted by Crippen LogP contribution is -2.29. The van der Waals surface area contributed by atoms with Crippen LogP contribution in [0.1, 0.15) is 206 Å². The van der Waals surface area contributed by atoms with Crippen LogP contribution in [0.5, 0.6) is 0 Å². The second-order valence-corrected chi connectivity index (χ2v) is 16.4. The van der Waals surface area contributed by atoms with Gasteiger partial charge in [0.05, 0.1) is 13.2 Å². The average molecular weight is 798 g/mol. The minimum Gasteiger partial charge on any atom is -0.462 e. The Morgan fingerprint density at radius 2 is 0.964 bits per heavy atom. The monoisotopic (exact) mass is 798 g/mol. The molecular formula is C45H84NO8P. The third kappa shape index (κ3) is 41.7. The van der Waals surface area contributed by atoms with E-state index in [4.69, 9.17) is 24.3 Å². The van der Waals surface area contributed by atoms with Crippen LogP contribution in [0.4, 0.5) is 0 Å². The normalized spacial score (nSPS) is 13.6. The minimum absolute atomic E-state index is 0.0467. The van der Waals surface area contributed by atoms with Crippen molar-refractivity contribution in [3.05, 3.63) is 36.5 Å². The molecule has 1 unspecified atom stereocenters. The van der Waals surface area contributed by atoms with Crippen molar-refractivity contribution in [3.8, 4) is 0 Å². The Morgan fingerprint density at radius 3 is 1.45 bits per heavy atom. The summed E-state index contributed by atoms with van der Waals surface area (Å²) < 4.78 is 32.7. The summed E-state index contributed by atoms with van der Waals surface area (Å²) in [5, 5.41) is 0. The molecule has 0 aliphatic rings. The number of unbranched alkanes of at least 4 members (excludes halogenated alkanes) is 23. The van der Waals surface area contributed by atoms with Crippen LogP contribution in [0, 0.1) is 0 Å². The molecule has 0 aromatic heterocycles. The first-order valence-corrected chi connectivity index (χ1v) is 24.0. The summed E-state index contributed by atoms with van der Waals surface area (Å²) in [5.74, 6) is -0.883.